The molecule has 122 valence electrons. The van der Waals surface area contributed by atoms with Gasteiger partial charge in [-0.2, -0.15) is 18.2 Å². The fraction of sp³-hybridized carbons (Fsp3) is 0.214. The average Bonchev–Trinajstić information content (AvgIpc) is 2.38. The molecule has 0 unspecified atom stereocenters. The number of nitrogens with zero attached hydrogens (tertiary/aromatic N) is 3. The number of aromatic nitrogens is 2. The van der Waals surface area contributed by atoms with Gasteiger partial charge in [-0.15, -0.1) is 0 Å². The number of guanidine groups is 1. The van der Waals surface area contributed by atoms with Gasteiger partial charge in [0.2, 0.25) is 5.96 Å². The quantitative estimate of drug-likeness (QED) is 0.642. The van der Waals surface area contributed by atoms with E-state index in [0.717, 1.165) is 18.2 Å². The number of nitrogens with one attached hydrogen (secondary N) is 1. The van der Waals surface area contributed by atoms with E-state index in [1.807, 2.05) is 0 Å². The van der Waals surface area contributed by atoms with E-state index in [1.54, 1.807) is 19.9 Å². The Hall–Kier alpha value is -2.35. The SMILES string of the molecule is Cc1cc(C)nc(N=C(N)Nc2cc(C(F)(F)F)ccc2Cl)n1. The van der Waals surface area contributed by atoms with E-state index in [4.69, 9.17) is 17.3 Å². The van der Waals surface area contributed by atoms with Gasteiger partial charge in [0.05, 0.1) is 16.3 Å². The molecule has 0 aliphatic heterocycles. The molecule has 2 rings (SSSR count). The number of rotatable bonds is 2. The number of hydrogen-bond donors (Lipinski definition) is 2. The minimum atomic E-state index is -4.48. The number of anilines is 1. The molecule has 0 saturated heterocycles. The molecule has 0 aliphatic carbocycles. The summed E-state index contributed by atoms with van der Waals surface area (Å²) in [6.07, 6.45) is -4.48. The molecule has 2 aromatic rings. The number of aryl methyl sites for hydroxylation is 2. The van der Waals surface area contributed by atoms with Crippen LogP contribution in [0.25, 0.3) is 0 Å². The van der Waals surface area contributed by atoms with E-state index in [-0.39, 0.29) is 22.6 Å². The fourth-order valence-corrected chi connectivity index (χ4v) is 1.99. The Labute approximate surface area is 135 Å². The number of hydrogen-bond acceptors (Lipinski definition) is 3. The molecule has 1 heterocycles. The Bertz CT molecular complexity index is 738. The third kappa shape index (κ3) is 4.56. The second kappa shape index (κ2) is 6.41. The minimum absolute atomic E-state index is 0.00730. The summed E-state index contributed by atoms with van der Waals surface area (Å²) >= 11 is 5.87. The van der Waals surface area contributed by atoms with Crippen molar-refractivity contribution >= 4 is 29.2 Å². The zero-order chi connectivity index (χ0) is 17.2. The summed E-state index contributed by atoms with van der Waals surface area (Å²) < 4.78 is 38.2. The Morgan fingerprint density at radius 3 is 2.35 bits per heavy atom. The lowest BCUT2D eigenvalue weighted by Gasteiger charge is -2.11. The standard InChI is InChI=1S/C14H13ClF3N5/c1-7-5-8(2)21-13(20-7)23-12(19)22-11-6-9(14(16,17)18)3-4-10(11)15/h3-6H,1-2H3,(H3,19,20,21,22,23). The van der Waals surface area contributed by atoms with Gasteiger partial charge in [-0.05, 0) is 38.1 Å². The zero-order valence-corrected chi connectivity index (χ0v) is 13.0. The van der Waals surface area contributed by atoms with Crippen LogP contribution in [-0.4, -0.2) is 15.9 Å². The van der Waals surface area contributed by atoms with Gasteiger partial charge in [-0.3, -0.25) is 0 Å². The van der Waals surface area contributed by atoms with Gasteiger partial charge in [0.15, 0.2) is 0 Å². The highest BCUT2D eigenvalue weighted by Gasteiger charge is 2.31. The van der Waals surface area contributed by atoms with Crippen molar-refractivity contribution < 1.29 is 13.2 Å². The maximum Gasteiger partial charge on any atom is 0.416 e. The van der Waals surface area contributed by atoms with Crippen molar-refractivity contribution in [1.29, 1.82) is 0 Å². The van der Waals surface area contributed by atoms with E-state index >= 15 is 0 Å². The Kier molecular flexibility index (Phi) is 4.74. The number of halogens is 4. The molecule has 1 aromatic heterocycles. The van der Waals surface area contributed by atoms with Crippen molar-refractivity contribution in [2.45, 2.75) is 20.0 Å². The molecule has 0 radical (unpaired) electrons. The first-order valence-electron chi connectivity index (χ1n) is 6.45. The molecule has 0 atom stereocenters. The van der Waals surface area contributed by atoms with E-state index < -0.39 is 11.7 Å². The number of benzene rings is 1. The van der Waals surface area contributed by atoms with Crippen molar-refractivity contribution in [2.24, 2.45) is 10.7 Å². The predicted molar refractivity (Wildman–Crippen MR) is 82.9 cm³/mol. The number of nitrogens with two attached hydrogens (primary N) is 1. The molecule has 5 nitrogen and oxygen atoms in total. The zero-order valence-electron chi connectivity index (χ0n) is 12.2. The smallest absolute Gasteiger partial charge is 0.369 e. The molecule has 0 saturated carbocycles. The van der Waals surface area contributed by atoms with Crippen molar-refractivity contribution in [3.63, 3.8) is 0 Å². The third-order valence-corrected chi connectivity index (χ3v) is 3.08. The summed E-state index contributed by atoms with van der Waals surface area (Å²) in [4.78, 5) is 12.1. The van der Waals surface area contributed by atoms with Crippen LogP contribution in [-0.2, 0) is 6.18 Å². The van der Waals surface area contributed by atoms with E-state index in [2.05, 4.69) is 20.3 Å². The van der Waals surface area contributed by atoms with Crippen LogP contribution < -0.4 is 11.1 Å². The van der Waals surface area contributed by atoms with Gasteiger partial charge >= 0.3 is 6.18 Å². The lowest BCUT2D eigenvalue weighted by atomic mass is 10.2. The maximum atomic E-state index is 12.7. The highest BCUT2D eigenvalue weighted by molar-refractivity contribution is 6.33. The summed E-state index contributed by atoms with van der Waals surface area (Å²) in [6, 6.07) is 4.63. The van der Waals surface area contributed by atoms with Gasteiger partial charge in [-0.1, -0.05) is 11.6 Å². The van der Waals surface area contributed by atoms with E-state index in [9.17, 15) is 13.2 Å². The monoisotopic (exact) mass is 343 g/mol. The van der Waals surface area contributed by atoms with Gasteiger partial charge in [0, 0.05) is 11.4 Å². The molecular weight excluding hydrogens is 331 g/mol. The highest BCUT2D eigenvalue weighted by Crippen LogP contribution is 2.33. The molecule has 0 fully saturated rings. The summed E-state index contributed by atoms with van der Waals surface area (Å²) in [7, 11) is 0. The molecule has 0 amide bonds. The predicted octanol–water partition coefficient (Wildman–Crippen LogP) is 3.82. The van der Waals surface area contributed by atoms with Crippen LogP contribution >= 0.6 is 11.6 Å². The van der Waals surface area contributed by atoms with Crippen molar-refractivity contribution in [2.75, 3.05) is 5.32 Å². The summed E-state index contributed by atoms with van der Waals surface area (Å²) in [5.74, 6) is -0.0631. The fourth-order valence-electron chi connectivity index (χ4n) is 1.83. The lowest BCUT2D eigenvalue weighted by molar-refractivity contribution is -0.137. The second-order valence-corrected chi connectivity index (χ2v) is 5.17. The van der Waals surface area contributed by atoms with Crippen molar-refractivity contribution in [3.8, 4) is 0 Å². The summed E-state index contributed by atoms with van der Waals surface area (Å²) in [6.45, 7) is 3.53. The minimum Gasteiger partial charge on any atom is -0.369 e. The van der Waals surface area contributed by atoms with Crippen LogP contribution in [0.3, 0.4) is 0 Å². The molecule has 0 spiro atoms. The van der Waals surface area contributed by atoms with E-state index in [0.29, 0.717) is 11.4 Å². The van der Waals surface area contributed by atoms with Crippen molar-refractivity contribution in [1.82, 2.24) is 9.97 Å². The second-order valence-electron chi connectivity index (χ2n) is 4.77. The van der Waals surface area contributed by atoms with Gasteiger partial charge in [-0.25, -0.2) is 9.97 Å². The largest absolute Gasteiger partial charge is 0.416 e. The topological polar surface area (TPSA) is 76.2 Å². The highest BCUT2D eigenvalue weighted by atomic mass is 35.5. The molecule has 3 N–H and O–H groups in total. The van der Waals surface area contributed by atoms with Gasteiger partial charge in [0.1, 0.15) is 0 Å². The van der Waals surface area contributed by atoms with Crippen LogP contribution in [0, 0.1) is 13.8 Å². The van der Waals surface area contributed by atoms with Crippen LogP contribution in [0.15, 0.2) is 29.3 Å². The lowest BCUT2D eigenvalue weighted by Crippen LogP contribution is -2.22. The molecule has 0 bridgehead atoms. The number of aliphatic imine (C=N–C) groups is 1. The molecule has 9 heteroatoms. The molecular formula is C14H13ClF3N5. The van der Waals surface area contributed by atoms with Crippen molar-refractivity contribution in [3.05, 3.63) is 46.2 Å². The van der Waals surface area contributed by atoms with Crippen LogP contribution in [0.4, 0.5) is 24.8 Å². The first kappa shape index (κ1) is 17.0. The first-order valence-corrected chi connectivity index (χ1v) is 6.83. The molecule has 23 heavy (non-hydrogen) atoms. The Balaban J connectivity index is 2.29. The summed E-state index contributed by atoms with van der Waals surface area (Å²) in [5, 5.41) is 2.61. The van der Waals surface area contributed by atoms with Gasteiger partial charge < -0.3 is 11.1 Å². The molecule has 0 aliphatic rings. The van der Waals surface area contributed by atoms with Crippen LogP contribution in [0.1, 0.15) is 17.0 Å². The van der Waals surface area contributed by atoms with E-state index in [1.165, 1.54) is 0 Å². The number of alkyl halides is 3. The van der Waals surface area contributed by atoms with Crippen LogP contribution in [0.5, 0.6) is 0 Å². The Morgan fingerprint density at radius 1 is 1.17 bits per heavy atom. The average molecular weight is 344 g/mol. The summed E-state index contributed by atoms with van der Waals surface area (Å²) in [5.41, 5.74) is 6.22. The molecule has 1 aromatic carbocycles. The third-order valence-electron chi connectivity index (χ3n) is 2.75. The Morgan fingerprint density at radius 2 is 1.78 bits per heavy atom. The van der Waals surface area contributed by atoms with Crippen LogP contribution in [0.2, 0.25) is 5.02 Å². The normalized spacial score (nSPS) is 12.3. The first-order chi connectivity index (χ1) is 10.6. The van der Waals surface area contributed by atoms with Gasteiger partial charge in [0.25, 0.3) is 5.95 Å². The maximum absolute atomic E-state index is 12.7.